The first-order chi connectivity index (χ1) is 10.5. The molecule has 0 heterocycles. The van der Waals surface area contributed by atoms with E-state index in [-0.39, 0.29) is 11.5 Å². The minimum atomic E-state index is -0.717. The number of esters is 2. The quantitative estimate of drug-likeness (QED) is 0.480. The molecule has 2 aromatic carbocycles. The Kier molecular flexibility index (Phi) is 5.58. The highest BCUT2D eigenvalue weighted by Gasteiger charge is 2.05. The largest absolute Gasteiger partial charge is 0.423 e. The molecule has 0 bridgehead atoms. The lowest BCUT2D eigenvalue weighted by Gasteiger charge is -2.02. The molecule has 0 amide bonds. The second kappa shape index (κ2) is 7.64. The number of benzene rings is 2. The minimum Gasteiger partial charge on any atom is -0.423 e. The Balaban J connectivity index is 1.90. The molecule has 0 saturated heterocycles. The fraction of sp³-hybridized carbons (Fsp3) is 0. The third kappa shape index (κ3) is 5.24. The maximum Gasteiger partial charge on any atom is 0.336 e. The van der Waals surface area contributed by atoms with E-state index in [1.807, 2.05) is 0 Å². The van der Waals surface area contributed by atoms with E-state index < -0.39 is 11.9 Å². The van der Waals surface area contributed by atoms with Crippen molar-refractivity contribution >= 4 is 35.1 Å². The van der Waals surface area contributed by atoms with Crippen molar-refractivity contribution in [3.8, 4) is 11.5 Å². The Morgan fingerprint density at radius 3 is 1.55 bits per heavy atom. The highest BCUT2D eigenvalue weighted by molar-refractivity contribution is 6.31. The van der Waals surface area contributed by atoms with Gasteiger partial charge in [-0.25, -0.2) is 9.59 Å². The predicted octanol–water partition coefficient (Wildman–Crippen LogP) is 4.06. The van der Waals surface area contributed by atoms with Crippen LogP contribution in [0.5, 0.6) is 11.5 Å². The Bertz CT molecular complexity index is 664. The van der Waals surface area contributed by atoms with Crippen LogP contribution in [0.3, 0.4) is 0 Å². The lowest BCUT2D eigenvalue weighted by atomic mass is 10.3. The lowest BCUT2D eigenvalue weighted by Crippen LogP contribution is -2.08. The maximum absolute atomic E-state index is 11.6. The maximum atomic E-state index is 11.6. The van der Waals surface area contributed by atoms with E-state index in [0.717, 1.165) is 12.2 Å². The van der Waals surface area contributed by atoms with Gasteiger partial charge in [0.2, 0.25) is 0 Å². The van der Waals surface area contributed by atoms with Crippen LogP contribution < -0.4 is 9.47 Å². The van der Waals surface area contributed by atoms with Crippen molar-refractivity contribution in [2.24, 2.45) is 0 Å². The van der Waals surface area contributed by atoms with Gasteiger partial charge < -0.3 is 9.47 Å². The van der Waals surface area contributed by atoms with Crippen molar-refractivity contribution in [3.05, 3.63) is 70.7 Å². The van der Waals surface area contributed by atoms with Crippen LogP contribution in [0.2, 0.25) is 10.0 Å². The molecular weight excluding hydrogens is 327 g/mol. The molecule has 0 aliphatic rings. The Morgan fingerprint density at radius 1 is 0.773 bits per heavy atom. The SMILES string of the molecule is O=C(/C=C/C(=O)Oc1cccc(Cl)c1)Oc1cccc(Cl)c1. The second-order valence-corrected chi connectivity index (χ2v) is 4.96. The zero-order valence-electron chi connectivity index (χ0n) is 11.2. The van der Waals surface area contributed by atoms with E-state index in [4.69, 9.17) is 32.7 Å². The van der Waals surface area contributed by atoms with Gasteiger partial charge in [-0.2, -0.15) is 0 Å². The van der Waals surface area contributed by atoms with Crippen molar-refractivity contribution in [2.75, 3.05) is 0 Å². The van der Waals surface area contributed by atoms with E-state index >= 15 is 0 Å². The summed E-state index contributed by atoms with van der Waals surface area (Å²) in [6.45, 7) is 0. The Labute approximate surface area is 136 Å². The number of hydrogen-bond acceptors (Lipinski definition) is 4. The molecule has 2 aromatic rings. The van der Waals surface area contributed by atoms with Gasteiger partial charge >= 0.3 is 11.9 Å². The summed E-state index contributed by atoms with van der Waals surface area (Å²) in [5, 5.41) is 0.879. The Hall–Kier alpha value is -2.30. The first kappa shape index (κ1) is 16.1. The Morgan fingerprint density at radius 2 is 1.18 bits per heavy atom. The van der Waals surface area contributed by atoms with Gasteiger partial charge in [0, 0.05) is 22.2 Å². The summed E-state index contributed by atoms with van der Waals surface area (Å²) in [6.07, 6.45) is 1.93. The van der Waals surface area contributed by atoms with E-state index in [9.17, 15) is 9.59 Å². The summed E-state index contributed by atoms with van der Waals surface area (Å²) in [7, 11) is 0. The monoisotopic (exact) mass is 336 g/mol. The zero-order chi connectivity index (χ0) is 15.9. The fourth-order valence-electron chi connectivity index (χ4n) is 1.50. The third-order valence-electron chi connectivity index (χ3n) is 2.38. The molecule has 22 heavy (non-hydrogen) atoms. The zero-order valence-corrected chi connectivity index (χ0v) is 12.7. The van der Waals surface area contributed by atoms with E-state index in [1.54, 1.807) is 36.4 Å². The van der Waals surface area contributed by atoms with Gasteiger partial charge in [-0.1, -0.05) is 35.3 Å². The molecule has 0 aliphatic heterocycles. The second-order valence-electron chi connectivity index (χ2n) is 4.09. The van der Waals surface area contributed by atoms with Crippen LogP contribution in [-0.4, -0.2) is 11.9 Å². The molecule has 0 aliphatic carbocycles. The summed E-state index contributed by atoms with van der Waals surface area (Å²) in [6, 6.07) is 12.7. The standard InChI is InChI=1S/C16H10Cl2O4/c17-11-3-1-5-13(9-11)21-15(19)7-8-16(20)22-14-6-2-4-12(18)10-14/h1-10H/b8-7+. The van der Waals surface area contributed by atoms with E-state index in [0.29, 0.717) is 10.0 Å². The third-order valence-corrected chi connectivity index (χ3v) is 2.85. The van der Waals surface area contributed by atoms with Crippen LogP contribution in [-0.2, 0) is 9.59 Å². The van der Waals surface area contributed by atoms with Crippen LogP contribution in [0.1, 0.15) is 0 Å². The lowest BCUT2D eigenvalue weighted by molar-refractivity contribution is -0.131. The molecule has 0 spiro atoms. The molecule has 6 heteroatoms. The number of carbonyl (C=O) groups is 2. The average Bonchev–Trinajstić information content (AvgIpc) is 2.45. The smallest absolute Gasteiger partial charge is 0.336 e. The first-order valence-electron chi connectivity index (χ1n) is 6.16. The van der Waals surface area contributed by atoms with Crippen molar-refractivity contribution < 1.29 is 19.1 Å². The number of rotatable bonds is 4. The van der Waals surface area contributed by atoms with Gasteiger partial charge in [-0.15, -0.1) is 0 Å². The average molecular weight is 337 g/mol. The number of ether oxygens (including phenoxy) is 2. The summed E-state index contributed by atoms with van der Waals surface area (Å²) in [5.74, 6) is -0.869. The summed E-state index contributed by atoms with van der Waals surface area (Å²) < 4.78 is 9.95. The molecule has 0 atom stereocenters. The van der Waals surface area contributed by atoms with Crippen LogP contribution in [0, 0.1) is 0 Å². The van der Waals surface area contributed by atoms with Crippen molar-refractivity contribution in [2.45, 2.75) is 0 Å². The van der Waals surface area contributed by atoms with Crippen LogP contribution >= 0.6 is 23.2 Å². The fourth-order valence-corrected chi connectivity index (χ4v) is 1.86. The summed E-state index contributed by atoms with van der Waals surface area (Å²) >= 11 is 11.5. The highest BCUT2D eigenvalue weighted by atomic mass is 35.5. The molecule has 0 radical (unpaired) electrons. The van der Waals surface area contributed by atoms with Gasteiger partial charge in [0.1, 0.15) is 11.5 Å². The van der Waals surface area contributed by atoms with E-state index in [2.05, 4.69) is 0 Å². The van der Waals surface area contributed by atoms with Crippen molar-refractivity contribution in [1.29, 1.82) is 0 Å². The van der Waals surface area contributed by atoms with Crippen molar-refractivity contribution in [3.63, 3.8) is 0 Å². The van der Waals surface area contributed by atoms with Gasteiger partial charge in [0.25, 0.3) is 0 Å². The molecule has 0 saturated carbocycles. The molecule has 0 N–H and O–H groups in total. The summed E-state index contributed by atoms with van der Waals surface area (Å²) in [4.78, 5) is 23.1. The highest BCUT2D eigenvalue weighted by Crippen LogP contribution is 2.18. The topological polar surface area (TPSA) is 52.6 Å². The molecule has 112 valence electrons. The molecule has 4 nitrogen and oxygen atoms in total. The number of carbonyl (C=O) groups excluding carboxylic acids is 2. The minimum absolute atomic E-state index is 0.283. The molecule has 0 unspecified atom stereocenters. The molecule has 0 aromatic heterocycles. The number of halogens is 2. The molecular formula is C16H10Cl2O4. The predicted molar refractivity (Wildman–Crippen MR) is 83.3 cm³/mol. The molecule has 0 fully saturated rings. The summed E-state index contributed by atoms with van der Waals surface area (Å²) in [5.41, 5.74) is 0. The van der Waals surface area contributed by atoms with Crippen molar-refractivity contribution in [1.82, 2.24) is 0 Å². The molecule has 2 rings (SSSR count). The first-order valence-corrected chi connectivity index (χ1v) is 6.91. The number of hydrogen-bond donors (Lipinski definition) is 0. The van der Waals surface area contributed by atoms with Gasteiger partial charge in [0.05, 0.1) is 0 Å². The van der Waals surface area contributed by atoms with Crippen LogP contribution in [0.4, 0.5) is 0 Å². The van der Waals surface area contributed by atoms with E-state index in [1.165, 1.54) is 12.1 Å². The van der Waals surface area contributed by atoms with Gasteiger partial charge in [-0.3, -0.25) is 0 Å². The van der Waals surface area contributed by atoms with Gasteiger partial charge in [0.15, 0.2) is 0 Å². The normalized spacial score (nSPS) is 10.5. The van der Waals surface area contributed by atoms with Gasteiger partial charge in [-0.05, 0) is 36.4 Å². The van der Waals surface area contributed by atoms with Crippen LogP contribution in [0.15, 0.2) is 60.7 Å². The van der Waals surface area contributed by atoms with Crippen LogP contribution in [0.25, 0.3) is 0 Å².